The van der Waals surface area contributed by atoms with E-state index in [1.54, 1.807) is 6.92 Å². The van der Waals surface area contributed by atoms with Crippen LogP contribution < -0.4 is 0 Å². The normalized spacial score (nSPS) is 22.9. The molecule has 0 radical (unpaired) electrons. The van der Waals surface area contributed by atoms with Gasteiger partial charge in [-0.1, -0.05) is 17.7 Å². The highest BCUT2D eigenvalue weighted by Crippen LogP contribution is 2.50. The monoisotopic (exact) mass is 488 g/mol. The molecular weight excluding hydrogens is 465 g/mol. The van der Waals surface area contributed by atoms with Gasteiger partial charge in [-0.05, 0) is 52.0 Å². The first kappa shape index (κ1) is 24.9. The number of aliphatic hydroxyl groups is 1. The van der Waals surface area contributed by atoms with Gasteiger partial charge in [-0.15, -0.1) is 0 Å². The Balaban J connectivity index is 2.08. The predicted octanol–water partition coefficient (Wildman–Crippen LogP) is 3.33. The van der Waals surface area contributed by atoms with Gasteiger partial charge < -0.3 is 9.84 Å². The third-order valence-electron chi connectivity index (χ3n) is 4.91. The molecule has 1 aromatic carbocycles. The number of carbonyl (C=O) groups excluding carboxylic acids is 1. The van der Waals surface area contributed by atoms with Crippen LogP contribution in [0.2, 0.25) is 0 Å². The molecule has 0 saturated carbocycles. The lowest BCUT2D eigenvalue weighted by molar-refractivity contribution is -0.236. The molecule has 180 valence electrons. The number of aryl methyl sites for hydroxylation is 1. The number of likely N-dealkylation sites (tertiary alicyclic amines) is 1. The number of pyridine rings is 1. The van der Waals surface area contributed by atoms with E-state index in [-0.39, 0.29) is 4.90 Å². The maximum atomic E-state index is 15.6. The van der Waals surface area contributed by atoms with Crippen molar-refractivity contribution in [2.75, 3.05) is 6.54 Å². The molecule has 1 N–H and O–H groups in total. The molecule has 1 aliphatic heterocycles. The largest absolute Gasteiger partial charge is 0.444 e. The fourth-order valence-electron chi connectivity index (χ4n) is 3.32. The molecule has 0 spiro atoms. The lowest BCUT2D eigenvalue weighted by Crippen LogP contribution is -2.56. The van der Waals surface area contributed by atoms with Crippen LogP contribution in [0.15, 0.2) is 47.5 Å². The average Bonchev–Trinajstić information content (AvgIpc) is 2.88. The Morgan fingerprint density at radius 1 is 1.21 bits per heavy atom. The van der Waals surface area contributed by atoms with Crippen LogP contribution in [0, 0.1) is 12.9 Å². The van der Waals surface area contributed by atoms with Crippen molar-refractivity contribution in [2.45, 2.75) is 55.9 Å². The van der Waals surface area contributed by atoms with Gasteiger partial charge in [0, 0.05) is 6.20 Å². The molecule has 3 rings (SSSR count). The van der Waals surface area contributed by atoms with Crippen molar-refractivity contribution in [3.8, 4) is 0 Å². The number of benzene rings is 1. The fraction of sp³-hybridized carbons (Fsp3) is 0.429. The van der Waals surface area contributed by atoms with Crippen LogP contribution in [-0.4, -0.2) is 53.7 Å². The third-order valence-corrected chi connectivity index (χ3v) is 6.24. The summed E-state index contributed by atoms with van der Waals surface area (Å²) >= 11 is 0. The van der Waals surface area contributed by atoms with Crippen molar-refractivity contribution in [1.29, 1.82) is 0 Å². The van der Waals surface area contributed by atoms with Crippen molar-refractivity contribution in [3.05, 3.63) is 59.7 Å². The van der Waals surface area contributed by atoms with Crippen molar-refractivity contribution in [1.82, 2.24) is 9.88 Å². The summed E-state index contributed by atoms with van der Waals surface area (Å²) in [6, 6.07) is 7.10. The van der Waals surface area contributed by atoms with Gasteiger partial charge in [0.2, 0.25) is 11.7 Å². The minimum absolute atomic E-state index is 0.146. The minimum Gasteiger partial charge on any atom is -0.444 e. The van der Waals surface area contributed by atoms with Gasteiger partial charge in [-0.3, -0.25) is 9.08 Å². The summed E-state index contributed by atoms with van der Waals surface area (Å²) in [5.74, 6) is -5.96. The van der Waals surface area contributed by atoms with Crippen LogP contribution in [0.3, 0.4) is 0 Å². The van der Waals surface area contributed by atoms with Crippen LogP contribution in [0.25, 0.3) is 0 Å². The highest BCUT2D eigenvalue weighted by atomic mass is 32.2. The van der Waals surface area contributed by atoms with E-state index in [0.717, 1.165) is 36.0 Å². The molecule has 1 fully saturated rings. The Morgan fingerprint density at radius 3 is 2.36 bits per heavy atom. The SMILES string of the molecule is Cc1ccc(S(=O)(=O)OC2CN(C(=O)OC(C)(C)C)C(O)(c3cccnc3F)C2(F)F)cc1. The molecular formula is C21H23F3N2O6S. The van der Waals surface area contributed by atoms with Crippen molar-refractivity contribution < 1.29 is 40.4 Å². The van der Waals surface area contributed by atoms with E-state index >= 15 is 8.78 Å². The Hall–Kier alpha value is -2.70. The quantitative estimate of drug-likeness (QED) is 0.520. The van der Waals surface area contributed by atoms with Crippen LogP contribution in [0.1, 0.15) is 31.9 Å². The second-order valence-electron chi connectivity index (χ2n) is 8.58. The standard InChI is InChI=1S/C21H23F3N2O6S/c1-13-7-9-14(10-8-13)33(29,30)32-16-12-26(18(27)31-19(2,3)4)21(28,20(16,23)24)15-6-5-11-25-17(15)22/h5-11,16,28H,12H2,1-4H3. The number of alkyl halides is 2. The number of rotatable bonds is 4. The first-order chi connectivity index (χ1) is 15.1. The van der Waals surface area contributed by atoms with Crippen LogP contribution >= 0.6 is 0 Å². The second kappa shape index (κ2) is 8.26. The summed E-state index contributed by atoms with van der Waals surface area (Å²) in [5.41, 5.74) is -5.12. The molecule has 1 amide bonds. The highest BCUT2D eigenvalue weighted by molar-refractivity contribution is 7.86. The van der Waals surface area contributed by atoms with Gasteiger partial charge in [0.25, 0.3) is 10.1 Å². The first-order valence-corrected chi connectivity index (χ1v) is 11.2. The molecule has 1 aromatic heterocycles. The maximum absolute atomic E-state index is 15.6. The molecule has 2 unspecified atom stereocenters. The molecule has 8 nitrogen and oxygen atoms in total. The van der Waals surface area contributed by atoms with Gasteiger partial charge >= 0.3 is 12.0 Å². The fourth-order valence-corrected chi connectivity index (χ4v) is 4.38. The molecule has 1 saturated heterocycles. The Morgan fingerprint density at radius 2 is 1.82 bits per heavy atom. The van der Waals surface area contributed by atoms with E-state index in [1.807, 2.05) is 0 Å². The molecule has 2 heterocycles. The first-order valence-electron chi connectivity index (χ1n) is 9.81. The zero-order valence-electron chi connectivity index (χ0n) is 18.3. The molecule has 0 bridgehead atoms. The van der Waals surface area contributed by atoms with Gasteiger partial charge in [0.05, 0.1) is 17.0 Å². The Labute approximate surface area is 189 Å². The number of aromatic nitrogens is 1. The molecule has 0 aliphatic carbocycles. The van der Waals surface area contributed by atoms with Crippen molar-refractivity contribution >= 4 is 16.2 Å². The summed E-state index contributed by atoms with van der Waals surface area (Å²) in [6.45, 7) is 4.96. The smallest absolute Gasteiger partial charge is 0.413 e. The number of carbonyl (C=O) groups is 1. The third kappa shape index (κ3) is 4.55. The summed E-state index contributed by atoms with van der Waals surface area (Å²) in [5, 5.41) is 11.1. The van der Waals surface area contributed by atoms with Gasteiger partial charge in [0.1, 0.15) is 5.60 Å². The maximum Gasteiger partial charge on any atom is 0.413 e. The lowest BCUT2D eigenvalue weighted by Gasteiger charge is -2.37. The molecule has 2 aromatic rings. The lowest BCUT2D eigenvalue weighted by atomic mass is 9.97. The summed E-state index contributed by atoms with van der Waals surface area (Å²) in [4.78, 5) is 15.7. The Kier molecular flexibility index (Phi) is 6.24. The summed E-state index contributed by atoms with van der Waals surface area (Å²) < 4.78 is 80.8. The molecule has 12 heteroatoms. The van der Waals surface area contributed by atoms with Gasteiger partial charge in [-0.2, -0.15) is 21.6 Å². The highest BCUT2D eigenvalue weighted by Gasteiger charge is 2.72. The van der Waals surface area contributed by atoms with E-state index < -0.39 is 62.5 Å². The second-order valence-corrected chi connectivity index (χ2v) is 10.2. The van der Waals surface area contributed by atoms with Gasteiger partial charge in [-0.25, -0.2) is 9.78 Å². The number of nitrogens with zero attached hydrogens (tertiary/aromatic N) is 2. The zero-order valence-corrected chi connectivity index (χ0v) is 19.1. The molecule has 1 aliphatic rings. The predicted molar refractivity (Wildman–Crippen MR) is 109 cm³/mol. The average molecular weight is 488 g/mol. The Bertz CT molecular complexity index is 1150. The number of halogens is 3. The zero-order chi connectivity index (χ0) is 24.8. The van der Waals surface area contributed by atoms with E-state index in [9.17, 15) is 22.7 Å². The van der Waals surface area contributed by atoms with E-state index in [4.69, 9.17) is 8.92 Å². The van der Waals surface area contributed by atoms with E-state index in [1.165, 1.54) is 32.9 Å². The van der Waals surface area contributed by atoms with E-state index in [0.29, 0.717) is 0 Å². The number of hydrogen-bond donors (Lipinski definition) is 1. The minimum atomic E-state index is -4.74. The topological polar surface area (TPSA) is 106 Å². The van der Waals surface area contributed by atoms with Crippen LogP contribution in [-0.2, 0) is 24.8 Å². The van der Waals surface area contributed by atoms with E-state index in [2.05, 4.69) is 4.98 Å². The van der Waals surface area contributed by atoms with Crippen LogP contribution in [0.4, 0.5) is 18.0 Å². The van der Waals surface area contributed by atoms with Crippen LogP contribution in [0.5, 0.6) is 0 Å². The number of ether oxygens (including phenoxy) is 1. The van der Waals surface area contributed by atoms with Crippen molar-refractivity contribution in [2.24, 2.45) is 0 Å². The summed E-state index contributed by atoms with van der Waals surface area (Å²) in [7, 11) is -4.74. The molecule has 33 heavy (non-hydrogen) atoms. The summed E-state index contributed by atoms with van der Waals surface area (Å²) in [6.07, 6.45) is -3.02. The molecule has 2 atom stereocenters. The number of amides is 1. The van der Waals surface area contributed by atoms with Gasteiger partial charge in [0.15, 0.2) is 6.10 Å². The number of hydrogen-bond acceptors (Lipinski definition) is 7. The van der Waals surface area contributed by atoms with Crippen molar-refractivity contribution in [3.63, 3.8) is 0 Å².